The lowest BCUT2D eigenvalue weighted by Gasteiger charge is -2.22. The second-order valence-corrected chi connectivity index (χ2v) is 9.60. The van der Waals surface area contributed by atoms with Crippen molar-refractivity contribution in [1.29, 1.82) is 0 Å². The van der Waals surface area contributed by atoms with E-state index in [4.69, 9.17) is 14.2 Å². The molecule has 2 fully saturated rings. The average molecular weight is 478 g/mol. The van der Waals surface area contributed by atoms with Crippen LogP contribution in [0.2, 0.25) is 0 Å². The molecule has 5 rings (SSSR count). The number of aryl methyl sites for hydroxylation is 1. The van der Waals surface area contributed by atoms with Crippen LogP contribution in [0.5, 0.6) is 5.75 Å². The first-order chi connectivity index (χ1) is 17.2. The Labute approximate surface area is 206 Å². The Balaban J connectivity index is 1.17. The van der Waals surface area contributed by atoms with Gasteiger partial charge in [-0.3, -0.25) is 4.79 Å². The van der Waals surface area contributed by atoms with Gasteiger partial charge in [-0.25, -0.2) is 0 Å². The molecule has 3 aromatic rings. The highest BCUT2D eigenvalue weighted by atomic mass is 16.5. The Kier molecular flexibility index (Phi) is 7.66. The predicted molar refractivity (Wildman–Crippen MR) is 137 cm³/mol. The molecule has 2 saturated heterocycles. The summed E-state index contributed by atoms with van der Waals surface area (Å²) in [7, 11) is 0. The molecule has 3 heterocycles. The Hall–Kier alpha value is -2.87. The number of hydrogen-bond acceptors (Lipinski definition) is 5. The molecule has 3 N–H and O–H groups in total. The van der Waals surface area contributed by atoms with Crippen molar-refractivity contribution < 1.29 is 19.0 Å². The molecule has 0 spiro atoms. The van der Waals surface area contributed by atoms with E-state index in [1.807, 2.05) is 30.3 Å². The number of amides is 1. The largest absolute Gasteiger partial charge is 0.491 e. The van der Waals surface area contributed by atoms with Gasteiger partial charge in [-0.1, -0.05) is 0 Å². The van der Waals surface area contributed by atoms with Gasteiger partial charge < -0.3 is 29.8 Å². The topological polar surface area (TPSA) is 84.6 Å². The van der Waals surface area contributed by atoms with Crippen LogP contribution in [0.15, 0.2) is 42.5 Å². The number of ether oxygens (including phenoxy) is 3. The molecule has 0 aliphatic carbocycles. The molecule has 1 aromatic heterocycles. The van der Waals surface area contributed by atoms with Crippen molar-refractivity contribution in [2.75, 3.05) is 38.3 Å². The molecule has 1 unspecified atom stereocenters. The summed E-state index contributed by atoms with van der Waals surface area (Å²) >= 11 is 0. The van der Waals surface area contributed by atoms with E-state index in [1.165, 1.54) is 11.3 Å². The van der Waals surface area contributed by atoms with E-state index in [0.717, 1.165) is 80.9 Å². The number of nitrogens with one attached hydrogen (secondary N) is 3. The third kappa shape index (κ3) is 6.04. The van der Waals surface area contributed by atoms with Gasteiger partial charge in [0.1, 0.15) is 12.4 Å². The van der Waals surface area contributed by atoms with Crippen molar-refractivity contribution in [2.45, 2.75) is 45.3 Å². The highest BCUT2D eigenvalue weighted by Gasteiger charge is 2.17. The summed E-state index contributed by atoms with van der Waals surface area (Å²) in [6, 6.07) is 13.3. The summed E-state index contributed by atoms with van der Waals surface area (Å²) in [6.45, 7) is 7.06. The van der Waals surface area contributed by atoms with E-state index < -0.39 is 0 Å². The number of rotatable bonds is 9. The fraction of sp³-hybridized carbons (Fsp3) is 0.464. The summed E-state index contributed by atoms with van der Waals surface area (Å²) in [5.74, 6) is 1.30. The van der Waals surface area contributed by atoms with Gasteiger partial charge in [0.15, 0.2) is 0 Å². The molecule has 0 saturated carbocycles. The fourth-order valence-corrected chi connectivity index (χ4v) is 4.86. The normalized spacial score (nSPS) is 18.7. The lowest BCUT2D eigenvalue weighted by Crippen LogP contribution is -2.27. The van der Waals surface area contributed by atoms with E-state index in [9.17, 15) is 4.79 Å². The molecule has 186 valence electrons. The smallest absolute Gasteiger partial charge is 0.255 e. The molecule has 1 atom stereocenters. The number of anilines is 1. The van der Waals surface area contributed by atoms with Crippen LogP contribution < -0.4 is 15.4 Å². The number of fused-ring (bicyclic) bond motifs is 1. The van der Waals surface area contributed by atoms with Gasteiger partial charge in [0.25, 0.3) is 5.91 Å². The molecule has 7 nitrogen and oxygen atoms in total. The Morgan fingerprint density at radius 1 is 1.09 bits per heavy atom. The van der Waals surface area contributed by atoms with Crippen molar-refractivity contribution >= 4 is 22.5 Å². The van der Waals surface area contributed by atoms with Crippen LogP contribution in [-0.2, 0) is 16.0 Å². The van der Waals surface area contributed by atoms with Gasteiger partial charge in [0.05, 0.1) is 6.10 Å². The van der Waals surface area contributed by atoms with E-state index in [1.54, 1.807) is 12.1 Å². The van der Waals surface area contributed by atoms with Crippen molar-refractivity contribution in [1.82, 2.24) is 10.3 Å². The number of aromatic amines is 1. The van der Waals surface area contributed by atoms with Gasteiger partial charge >= 0.3 is 0 Å². The van der Waals surface area contributed by atoms with Gasteiger partial charge in [-0.05, 0) is 93.1 Å². The summed E-state index contributed by atoms with van der Waals surface area (Å²) in [4.78, 5) is 16.3. The maximum Gasteiger partial charge on any atom is 0.255 e. The highest BCUT2D eigenvalue weighted by molar-refractivity contribution is 6.05. The van der Waals surface area contributed by atoms with Crippen LogP contribution in [0.1, 0.15) is 47.3 Å². The summed E-state index contributed by atoms with van der Waals surface area (Å²) in [6.07, 6.45) is 4.57. The zero-order valence-electron chi connectivity index (χ0n) is 20.4. The lowest BCUT2D eigenvalue weighted by atomic mass is 10.0. The molecule has 0 radical (unpaired) electrons. The molecule has 35 heavy (non-hydrogen) atoms. The predicted octanol–water partition coefficient (Wildman–Crippen LogP) is 4.80. The number of carbonyl (C=O) groups is 1. The van der Waals surface area contributed by atoms with E-state index >= 15 is 0 Å². The van der Waals surface area contributed by atoms with Crippen LogP contribution in [-0.4, -0.2) is 50.0 Å². The van der Waals surface area contributed by atoms with Crippen LogP contribution in [0.25, 0.3) is 10.9 Å². The van der Waals surface area contributed by atoms with Crippen LogP contribution in [0, 0.1) is 12.8 Å². The summed E-state index contributed by atoms with van der Waals surface area (Å²) in [5.41, 5.74) is 4.86. The maximum absolute atomic E-state index is 12.8. The molecule has 2 aromatic carbocycles. The minimum atomic E-state index is -0.137. The van der Waals surface area contributed by atoms with Crippen LogP contribution in [0.4, 0.5) is 5.69 Å². The minimum Gasteiger partial charge on any atom is -0.491 e. The maximum atomic E-state index is 12.8. The van der Waals surface area contributed by atoms with Gasteiger partial charge in [0.2, 0.25) is 0 Å². The summed E-state index contributed by atoms with van der Waals surface area (Å²) < 4.78 is 16.8. The lowest BCUT2D eigenvalue weighted by molar-refractivity contribution is 0.0662. The van der Waals surface area contributed by atoms with Gasteiger partial charge in [-0.2, -0.15) is 0 Å². The van der Waals surface area contributed by atoms with E-state index in [2.05, 4.69) is 22.5 Å². The molecular weight excluding hydrogens is 442 g/mol. The Morgan fingerprint density at radius 3 is 2.69 bits per heavy atom. The number of H-pyrrole nitrogens is 1. The second kappa shape index (κ2) is 11.2. The number of hydrogen-bond donors (Lipinski definition) is 3. The quantitative estimate of drug-likeness (QED) is 0.412. The first-order valence-electron chi connectivity index (χ1n) is 12.7. The fourth-order valence-electron chi connectivity index (χ4n) is 4.86. The SMILES string of the molecule is Cc1c(CNCC2CCOCC2)[nH]c2ccc(NC(=O)c3ccc(OCC4CCCO4)cc3)cc12. The molecule has 1 amide bonds. The molecule has 2 aliphatic heterocycles. The highest BCUT2D eigenvalue weighted by Crippen LogP contribution is 2.26. The van der Waals surface area contributed by atoms with Crippen molar-refractivity contribution in [3.8, 4) is 5.75 Å². The molecule has 0 bridgehead atoms. The third-order valence-electron chi connectivity index (χ3n) is 7.07. The standard InChI is InChI=1S/C28H35N3O4/c1-19-25-15-22(6-9-26(25)31-27(19)17-29-16-20-10-13-33-14-11-20)30-28(32)21-4-7-23(8-5-21)35-18-24-3-2-12-34-24/h4-9,15,20,24,29,31H,2-3,10-14,16-18H2,1H3,(H,30,32). The van der Waals surface area contributed by atoms with E-state index in [0.29, 0.717) is 18.1 Å². The van der Waals surface area contributed by atoms with Gasteiger partial charge in [-0.15, -0.1) is 0 Å². The first-order valence-corrected chi connectivity index (χ1v) is 12.7. The Bertz CT molecular complexity index is 1130. The zero-order valence-corrected chi connectivity index (χ0v) is 20.4. The molecule has 2 aliphatic rings. The van der Waals surface area contributed by atoms with Gasteiger partial charge in [0, 0.05) is 54.2 Å². The number of benzene rings is 2. The monoisotopic (exact) mass is 477 g/mol. The van der Waals surface area contributed by atoms with Crippen LogP contribution in [0.3, 0.4) is 0 Å². The molecule has 7 heteroatoms. The van der Waals surface area contributed by atoms with E-state index in [-0.39, 0.29) is 12.0 Å². The Morgan fingerprint density at radius 2 is 1.91 bits per heavy atom. The molecular formula is C28H35N3O4. The number of aromatic nitrogens is 1. The minimum absolute atomic E-state index is 0.137. The second-order valence-electron chi connectivity index (χ2n) is 9.60. The van der Waals surface area contributed by atoms with Crippen molar-refractivity contribution in [3.63, 3.8) is 0 Å². The average Bonchev–Trinajstić information content (AvgIpc) is 3.52. The number of carbonyl (C=O) groups excluding carboxylic acids is 1. The zero-order chi connectivity index (χ0) is 24.0. The summed E-state index contributed by atoms with van der Waals surface area (Å²) in [5, 5.41) is 7.75. The van der Waals surface area contributed by atoms with Crippen molar-refractivity contribution in [3.05, 3.63) is 59.3 Å². The van der Waals surface area contributed by atoms with Crippen LogP contribution >= 0.6 is 0 Å². The third-order valence-corrected chi connectivity index (χ3v) is 7.07. The van der Waals surface area contributed by atoms with Crippen molar-refractivity contribution in [2.24, 2.45) is 5.92 Å². The first kappa shape index (κ1) is 23.9.